The number of anilines is 1. The first-order valence-corrected chi connectivity index (χ1v) is 6.27. The molecule has 0 aliphatic heterocycles. The molecule has 2 N–H and O–H groups in total. The van der Waals surface area contributed by atoms with Gasteiger partial charge in [-0.05, 0) is 42.0 Å². The van der Waals surface area contributed by atoms with Crippen LogP contribution in [0.25, 0.3) is 0 Å². The molecule has 104 valence electrons. The summed E-state index contributed by atoms with van der Waals surface area (Å²) in [6, 6.07) is 10.6. The smallest absolute Gasteiger partial charge is 0.309 e. The Hall–Kier alpha value is -2.56. The lowest BCUT2D eigenvalue weighted by atomic mass is 10.3. The molecule has 1 heterocycles. The Morgan fingerprint density at radius 2 is 1.80 bits per heavy atom. The van der Waals surface area contributed by atoms with Crippen molar-refractivity contribution in [3.63, 3.8) is 0 Å². The number of nitrogens with zero attached hydrogens (tertiary/aromatic N) is 1. The van der Waals surface area contributed by atoms with Gasteiger partial charge in [0.2, 0.25) is 0 Å². The van der Waals surface area contributed by atoms with Gasteiger partial charge in [0.05, 0.1) is 13.0 Å². The highest BCUT2D eigenvalue weighted by atomic mass is 16.5. The zero-order valence-corrected chi connectivity index (χ0v) is 11.0. The van der Waals surface area contributed by atoms with E-state index in [4.69, 9.17) is 15.2 Å². The number of esters is 1. The van der Waals surface area contributed by atoms with Crippen LogP contribution < -0.4 is 10.5 Å². The number of hydrogen-bond donors (Lipinski definition) is 1. The average Bonchev–Trinajstić information content (AvgIpc) is 2.48. The lowest BCUT2D eigenvalue weighted by Gasteiger charge is -2.07. The van der Waals surface area contributed by atoms with Gasteiger partial charge in [0.1, 0.15) is 12.4 Å². The number of pyridine rings is 1. The molecule has 0 bridgehead atoms. The van der Waals surface area contributed by atoms with Gasteiger partial charge in [-0.1, -0.05) is 0 Å². The van der Waals surface area contributed by atoms with Crippen LogP contribution in [0.15, 0.2) is 48.8 Å². The van der Waals surface area contributed by atoms with Crippen molar-refractivity contribution in [1.29, 1.82) is 0 Å². The van der Waals surface area contributed by atoms with Gasteiger partial charge in [0.15, 0.2) is 0 Å². The molecule has 0 saturated carbocycles. The largest absolute Gasteiger partial charge is 0.493 e. The molecule has 5 heteroatoms. The SMILES string of the molecule is Nc1ccc(OCCC(=O)OCc2ccncc2)cc1. The number of aromatic nitrogens is 1. The molecule has 2 rings (SSSR count). The molecule has 0 aliphatic rings. The van der Waals surface area contributed by atoms with Crippen molar-refractivity contribution in [2.45, 2.75) is 13.0 Å². The molecule has 0 radical (unpaired) electrons. The van der Waals surface area contributed by atoms with Crippen molar-refractivity contribution in [3.05, 3.63) is 54.4 Å². The van der Waals surface area contributed by atoms with Crippen molar-refractivity contribution in [1.82, 2.24) is 4.98 Å². The minimum absolute atomic E-state index is 0.204. The Morgan fingerprint density at radius 1 is 1.10 bits per heavy atom. The maximum atomic E-state index is 11.5. The van der Waals surface area contributed by atoms with Crippen LogP contribution >= 0.6 is 0 Å². The molecule has 0 spiro atoms. The Morgan fingerprint density at radius 3 is 2.50 bits per heavy atom. The summed E-state index contributed by atoms with van der Waals surface area (Å²) in [7, 11) is 0. The van der Waals surface area contributed by atoms with E-state index in [1.54, 1.807) is 48.8 Å². The van der Waals surface area contributed by atoms with Crippen LogP contribution in [0, 0.1) is 0 Å². The van der Waals surface area contributed by atoms with Gasteiger partial charge in [-0.25, -0.2) is 0 Å². The molecule has 0 saturated heterocycles. The zero-order valence-electron chi connectivity index (χ0n) is 11.0. The monoisotopic (exact) mass is 272 g/mol. The van der Waals surface area contributed by atoms with E-state index in [-0.39, 0.29) is 25.6 Å². The number of hydrogen-bond acceptors (Lipinski definition) is 5. The Labute approximate surface area is 117 Å². The minimum Gasteiger partial charge on any atom is -0.493 e. The highest BCUT2D eigenvalue weighted by molar-refractivity contribution is 5.69. The maximum absolute atomic E-state index is 11.5. The Bertz CT molecular complexity index is 541. The van der Waals surface area contributed by atoms with E-state index in [1.807, 2.05) is 0 Å². The second-order valence-corrected chi connectivity index (χ2v) is 4.18. The highest BCUT2D eigenvalue weighted by Crippen LogP contribution is 2.13. The number of rotatable bonds is 6. The quantitative estimate of drug-likeness (QED) is 0.644. The molecule has 1 aromatic carbocycles. The van der Waals surface area contributed by atoms with Gasteiger partial charge in [0.25, 0.3) is 0 Å². The minimum atomic E-state index is -0.294. The third-order valence-electron chi connectivity index (χ3n) is 2.60. The van der Waals surface area contributed by atoms with Crippen molar-refractivity contribution >= 4 is 11.7 Å². The van der Waals surface area contributed by atoms with E-state index in [9.17, 15) is 4.79 Å². The van der Waals surface area contributed by atoms with Crippen LogP contribution in [-0.2, 0) is 16.1 Å². The zero-order chi connectivity index (χ0) is 14.2. The first kappa shape index (κ1) is 13.9. The number of benzene rings is 1. The second-order valence-electron chi connectivity index (χ2n) is 4.18. The van der Waals surface area contributed by atoms with Gasteiger partial charge >= 0.3 is 5.97 Å². The fourth-order valence-electron chi connectivity index (χ4n) is 1.53. The van der Waals surface area contributed by atoms with Gasteiger partial charge in [0, 0.05) is 18.1 Å². The van der Waals surface area contributed by atoms with Crippen molar-refractivity contribution in [2.24, 2.45) is 0 Å². The summed E-state index contributed by atoms with van der Waals surface area (Å²) in [5, 5.41) is 0. The van der Waals surface area contributed by atoms with Crippen LogP contribution in [0.1, 0.15) is 12.0 Å². The van der Waals surface area contributed by atoms with E-state index in [0.29, 0.717) is 11.4 Å². The summed E-state index contributed by atoms with van der Waals surface area (Å²) in [6.45, 7) is 0.530. The van der Waals surface area contributed by atoms with Crippen LogP contribution in [0.3, 0.4) is 0 Å². The maximum Gasteiger partial charge on any atom is 0.309 e. The van der Waals surface area contributed by atoms with Gasteiger partial charge in [-0.2, -0.15) is 0 Å². The molecule has 0 fully saturated rings. The van der Waals surface area contributed by atoms with E-state index in [1.165, 1.54) is 0 Å². The Balaban J connectivity index is 1.66. The summed E-state index contributed by atoms with van der Waals surface area (Å²) in [5.41, 5.74) is 7.15. The third kappa shape index (κ3) is 4.61. The van der Waals surface area contributed by atoms with Crippen molar-refractivity contribution < 1.29 is 14.3 Å². The summed E-state index contributed by atoms with van der Waals surface area (Å²) < 4.78 is 10.5. The molecule has 1 aromatic heterocycles. The van der Waals surface area contributed by atoms with Crippen LogP contribution in [0.4, 0.5) is 5.69 Å². The number of nitrogen functional groups attached to an aromatic ring is 1. The molecule has 2 aromatic rings. The van der Waals surface area contributed by atoms with Crippen molar-refractivity contribution in [2.75, 3.05) is 12.3 Å². The number of nitrogens with two attached hydrogens (primary N) is 1. The fraction of sp³-hybridized carbons (Fsp3) is 0.200. The molecule has 0 amide bonds. The number of ether oxygens (including phenoxy) is 2. The predicted octanol–water partition coefficient (Wildman–Crippen LogP) is 2.18. The summed E-state index contributed by atoms with van der Waals surface area (Å²) >= 11 is 0. The fourth-order valence-corrected chi connectivity index (χ4v) is 1.53. The summed E-state index contributed by atoms with van der Waals surface area (Å²) in [5.74, 6) is 0.387. The second kappa shape index (κ2) is 7.13. The van der Waals surface area contributed by atoms with Crippen LogP contribution in [0.2, 0.25) is 0 Å². The normalized spacial score (nSPS) is 10.0. The first-order chi connectivity index (χ1) is 9.74. The first-order valence-electron chi connectivity index (χ1n) is 6.27. The standard InChI is InChI=1S/C15H16N2O3/c16-13-1-3-14(4-2-13)19-10-7-15(18)20-11-12-5-8-17-9-6-12/h1-6,8-9H,7,10-11,16H2. The number of carbonyl (C=O) groups is 1. The van der Waals surface area contributed by atoms with Gasteiger partial charge < -0.3 is 15.2 Å². The molecular weight excluding hydrogens is 256 g/mol. The lowest BCUT2D eigenvalue weighted by Crippen LogP contribution is -2.10. The van der Waals surface area contributed by atoms with E-state index in [2.05, 4.69) is 4.98 Å². The lowest BCUT2D eigenvalue weighted by molar-refractivity contribution is -0.145. The Kier molecular flexibility index (Phi) is 4.94. The van der Waals surface area contributed by atoms with Gasteiger partial charge in [-0.3, -0.25) is 9.78 Å². The summed E-state index contributed by atoms with van der Waals surface area (Å²) in [4.78, 5) is 15.4. The summed E-state index contributed by atoms with van der Waals surface area (Å²) in [6.07, 6.45) is 3.52. The van der Waals surface area contributed by atoms with Crippen LogP contribution in [0.5, 0.6) is 5.75 Å². The van der Waals surface area contributed by atoms with E-state index in [0.717, 1.165) is 5.56 Å². The predicted molar refractivity (Wildman–Crippen MR) is 75.0 cm³/mol. The number of carbonyl (C=O) groups excluding carboxylic acids is 1. The third-order valence-corrected chi connectivity index (χ3v) is 2.60. The molecular formula is C15H16N2O3. The average molecular weight is 272 g/mol. The molecule has 0 unspecified atom stereocenters. The highest BCUT2D eigenvalue weighted by Gasteiger charge is 2.04. The topological polar surface area (TPSA) is 74.4 Å². The van der Waals surface area contributed by atoms with Gasteiger partial charge in [-0.15, -0.1) is 0 Å². The molecule has 0 aliphatic carbocycles. The molecule has 0 atom stereocenters. The van der Waals surface area contributed by atoms with Crippen LogP contribution in [-0.4, -0.2) is 17.6 Å². The van der Waals surface area contributed by atoms with E-state index < -0.39 is 0 Å². The molecule has 5 nitrogen and oxygen atoms in total. The molecule has 20 heavy (non-hydrogen) atoms. The van der Waals surface area contributed by atoms with Crippen molar-refractivity contribution in [3.8, 4) is 5.75 Å². The van der Waals surface area contributed by atoms with E-state index >= 15 is 0 Å².